The highest BCUT2D eigenvalue weighted by atomic mass is 16.5. The Labute approximate surface area is 158 Å². The van der Waals surface area contributed by atoms with E-state index in [1.54, 1.807) is 0 Å². The molecule has 0 aromatic rings. The Morgan fingerprint density at radius 1 is 1.08 bits per heavy atom. The first kappa shape index (κ1) is 21.2. The molecule has 0 spiro atoms. The summed E-state index contributed by atoms with van der Waals surface area (Å²) >= 11 is 0. The molecule has 0 N–H and O–H groups in total. The van der Waals surface area contributed by atoms with E-state index in [0.29, 0.717) is 32.0 Å². The zero-order valence-electron chi connectivity index (χ0n) is 16.4. The molecule has 6 nitrogen and oxygen atoms in total. The Balaban J connectivity index is 1.78. The van der Waals surface area contributed by atoms with E-state index in [0.717, 1.165) is 39.3 Å². The van der Waals surface area contributed by atoms with Gasteiger partial charge in [-0.2, -0.15) is 0 Å². The average molecular weight is 369 g/mol. The van der Waals surface area contributed by atoms with E-state index in [1.165, 1.54) is 32.1 Å². The van der Waals surface area contributed by atoms with E-state index in [2.05, 4.69) is 4.90 Å². The molecule has 1 aliphatic heterocycles. The summed E-state index contributed by atoms with van der Waals surface area (Å²) in [6, 6.07) is 0. The molecule has 1 saturated heterocycles. The Bertz CT molecular complexity index is 418. The fraction of sp³-hybridized carbons (Fsp3) is 0.900. The molecule has 1 amide bonds. The number of nitrogens with zero attached hydrogens (tertiary/aromatic N) is 2. The molecule has 1 heterocycles. The van der Waals surface area contributed by atoms with Crippen molar-refractivity contribution in [3.8, 4) is 0 Å². The van der Waals surface area contributed by atoms with Gasteiger partial charge in [-0.3, -0.25) is 14.5 Å². The van der Waals surface area contributed by atoms with Crippen LogP contribution in [0.15, 0.2) is 0 Å². The molecule has 0 aromatic heterocycles. The zero-order chi connectivity index (χ0) is 18.6. The first-order chi connectivity index (χ1) is 12.7. The van der Waals surface area contributed by atoms with Gasteiger partial charge >= 0.3 is 5.97 Å². The van der Waals surface area contributed by atoms with Crippen LogP contribution < -0.4 is 0 Å². The second kappa shape index (κ2) is 12.3. The Morgan fingerprint density at radius 3 is 2.50 bits per heavy atom. The van der Waals surface area contributed by atoms with E-state index in [-0.39, 0.29) is 18.3 Å². The highest BCUT2D eigenvalue weighted by molar-refractivity contribution is 5.77. The van der Waals surface area contributed by atoms with Gasteiger partial charge in [0.2, 0.25) is 5.91 Å². The number of rotatable bonds is 10. The molecule has 6 heteroatoms. The van der Waals surface area contributed by atoms with Crippen molar-refractivity contribution >= 4 is 11.9 Å². The number of hydrogen-bond donors (Lipinski definition) is 0. The summed E-state index contributed by atoms with van der Waals surface area (Å²) in [5, 5.41) is 0. The third-order valence-electron chi connectivity index (χ3n) is 5.52. The number of morpholine rings is 1. The van der Waals surface area contributed by atoms with Crippen molar-refractivity contribution in [3.63, 3.8) is 0 Å². The predicted octanol–water partition coefficient (Wildman–Crippen LogP) is 2.46. The highest BCUT2D eigenvalue weighted by Gasteiger charge is 2.20. The van der Waals surface area contributed by atoms with Crippen LogP contribution in [0.2, 0.25) is 0 Å². The maximum atomic E-state index is 12.8. The molecular formula is C20H36N2O4. The van der Waals surface area contributed by atoms with E-state index in [4.69, 9.17) is 9.47 Å². The first-order valence-electron chi connectivity index (χ1n) is 10.4. The van der Waals surface area contributed by atoms with E-state index >= 15 is 0 Å². The lowest BCUT2D eigenvalue weighted by Crippen LogP contribution is -2.43. The number of hydrogen-bond acceptors (Lipinski definition) is 5. The van der Waals surface area contributed by atoms with Crippen LogP contribution in [0.25, 0.3) is 0 Å². The molecule has 2 rings (SSSR count). The summed E-state index contributed by atoms with van der Waals surface area (Å²) in [5.74, 6) is 0.677. The summed E-state index contributed by atoms with van der Waals surface area (Å²) in [5.41, 5.74) is 0. The van der Waals surface area contributed by atoms with Crippen LogP contribution in [0, 0.1) is 5.92 Å². The molecule has 2 fully saturated rings. The van der Waals surface area contributed by atoms with Gasteiger partial charge in [0.05, 0.1) is 26.2 Å². The fourth-order valence-electron chi connectivity index (χ4n) is 3.87. The van der Waals surface area contributed by atoms with Gasteiger partial charge < -0.3 is 14.4 Å². The molecule has 0 bridgehead atoms. The Hall–Kier alpha value is -1.14. The van der Waals surface area contributed by atoms with Crippen LogP contribution in [0.4, 0.5) is 0 Å². The molecule has 26 heavy (non-hydrogen) atoms. The van der Waals surface area contributed by atoms with Gasteiger partial charge in [-0.25, -0.2) is 0 Å². The number of carbonyl (C=O) groups is 2. The maximum absolute atomic E-state index is 12.8. The lowest BCUT2D eigenvalue weighted by Gasteiger charge is -2.30. The zero-order valence-corrected chi connectivity index (χ0v) is 16.4. The maximum Gasteiger partial charge on any atom is 0.307 e. The Morgan fingerprint density at radius 2 is 1.81 bits per heavy atom. The second-order valence-electron chi connectivity index (χ2n) is 7.43. The molecule has 150 valence electrons. The van der Waals surface area contributed by atoms with Crippen molar-refractivity contribution in [1.29, 1.82) is 0 Å². The summed E-state index contributed by atoms with van der Waals surface area (Å²) in [6.45, 7) is 7.56. The standard InChI is InChI=1S/C20H36N2O4/c1-2-26-20(24)10-11-22(13-12-21-14-16-25-17-15-21)19(23)9-8-18-6-4-3-5-7-18/h18H,2-17H2,1H3. The van der Waals surface area contributed by atoms with Crippen molar-refractivity contribution in [2.45, 2.75) is 58.3 Å². The van der Waals surface area contributed by atoms with Gasteiger partial charge in [0, 0.05) is 39.1 Å². The monoisotopic (exact) mass is 368 g/mol. The number of esters is 1. The number of ether oxygens (including phenoxy) is 2. The van der Waals surface area contributed by atoms with Crippen LogP contribution in [0.3, 0.4) is 0 Å². The SMILES string of the molecule is CCOC(=O)CCN(CCN1CCOCC1)C(=O)CCC1CCCCC1. The van der Waals surface area contributed by atoms with Crippen molar-refractivity contribution < 1.29 is 19.1 Å². The lowest BCUT2D eigenvalue weighted by molar-refractivity contribution is -0.144. The van der Waals surface area contributed by atoms with Gasteiger partial charge in [0.25, 0.3) is 0 Å². The van der Waals surface area contributed by atoms with Crippen LogP contribution in [-0.4, -0.2) is 74.2 Å². The highest BCUT2D eigenvalue weighted by Crippen LogP contribution is 2.27. The smallest absolute Gasteiger partial charge is 0.307 e. The topological polar surface area (TPSA) is 59.1 Å². The van der Waals surface area contributed by atoms with Gasteiger partial charge in [-0.05, 0) is 19.3 Å². The number of carbonyl (C=O) groups excluding carboxylic acids is 2. The molecule has 1 aliphatic carbocycles. The van der Waals surface area contributed by atoms with Crippen molar-refractivity contribution in [1.82, 2.24) is 9.80 Å². The minimum absolute atomic E-state index is 0.188. The minimum atomic E-state index is -0.219. The summed E-state index contributed by atoms with van der Waals surface area (Å²) in [7, 11) is 0. The molecule has 0 radical (unpaired) electrons. The molecule has 1 saturated carbocycles. The van der Waals surface area contributed by atoms with Crippen LogP contribution in [0.1, 0.15) is 58.3 Å². The van der Waals surface area contributed by atoms with Crippen molar-refractivity contribution in [2.75, 3.05) is 52.5 Å². The van der Waals surface area contributed by atoms with Crippen molar-refractivity contribution in [3.05, 3.63) is 0 Å². The first-order valence-corrected chi connectivity index (χ1v) is 10.4. The quantitative estimate of drug-likeness (QED) is 0.555. The third kappa shape index (κ3) is 8.04. The largest absolute Gasteiger partial charge is 0.466 e. The third-order valence-corrected chi connectivity index (χ3v) is 5.52. The molecular weight excluding hydrogens is 332 g/mol. The summed E-state index contributed by atoms with van der Waals surface area (Å²) in [4.78, 5) is 28.7. The van der Waals surface area contributed by atoms with Crippen LogP contribution >= 0.6 is 0 Å². The predicted molar refractivity (Wildman–Crippen MR) is 101 cm³/mol. The van der Waals surface area contributed by atoms with E-state index < -0.39 is 0 Å². The average Bonchev–Trinajstić information content (AvgIpc) is 2.68. The van der Waals surface area contributed by atoms with Gasteiger partial charge in [-0.1, -0.05) is 32.1 Å². The van der Waals surface area contributed by atoms with Crippen molar-refractivity contribution in [2.24, 2.45) is 5.92 Å². The summed E-state index contributed by atoms with van der Waals surface area (Å²) in [6.07, 6.45) is 8.38. The summed E-state index contributed by atoms with van der Waals surface area (Å²) < 4.78 is 10.4. The molecule has 0 unspecified atom stereocenters. The molecule has 0 aromatic carbocycles. The fourth-order valence-corrected chi connectivity index (χ4v) is 3.87. The molecule has 0 atom stereocenters. The minimum Gasteiger partial charge on any atom is -0.466 e. The van der Waals surface area contributed by atoms with Crippen LogP contribution in [0.5, 0.6) is 0 Å². The normalized spacial score (nSPS) is 19.3. The van der Waals surface area contributed by atoms with Crippen LogP contribution in [-0.2, 0) is 19.1 Å². The van der Waals surface area contributed by atoms with Gasteiger partial charge in [0.15, 0.2) is 0 Å². The Kier molecular flexibility index (Phi) is 10.00. The van der Waals surface area contributed by atoms with E-state index in [1.807, 2.05) is 11.8 Å². The van der Waals surface area contributed by atoms with E-state index in [9.17, 15) is 9.59 Å². The lowest BCUT2D eigenvalue weighted by atomic mass is 9.86. The number of amides is 1. The van der Waals surface area contributed by atoms with Gasteiger partial charge in [0.1, 0.15) is 0 Å². The molecule has 2 aliphatic rings. The van der Waals surface area contributed by atoms with Gasteiger partial charge in [-0.15, -0.1) is 0 Å². The second-order valence-corrected chi connectivity index (χ2v) is 7.43.